The van der Waals surface area contributed by atoms with Crippen LogP contribution in [0, 0.1) is 19.8 Å². The lowest BCUT2D eigenvalue weighted by atomic mass is 10.0. The van der Waals surface area contributed by atoms with E-state index in [0.29, 0.717) is 36.1 Å². The Hall–Kier alpha value is -2.52. The fourth-order valence-corrected chi connectivity index (χ4v) is 6.33. The van der Waals surface area contributed by atoms with E-state index in [9.17, 15) is 13.2 Å². The van der Waals surface area contributed by atoms with E-state index in [4.69, 9.17) is 0 Å². The van der Waals surface area contributed by atoms with Crippen molar-refractivity contribution in [2.45, 2.75) is 57.4 Å². The first-order valence-electron chi connectivity index (χ1n) is 11.7. The summed E-state index contributed by atoms with van der Waals surface area (Å²) in [5.74, 6) is 1.02. The molecule has 1 N–H and O–H groups in total. The van der Waals surface area contributed by atoms with E-state index in [0.717, 1.165) is 44.3 Å². The van der Waals surface area contributed by atoms with Crippen LogP contribution in [0.3, 0.4) is 0 Å². The Morgan fingerprint density at radius 1 is 1.00 bits per heavy atom. The molecule has 1 aromatic carbocycles. The van der Waals surface area contributed by atoms with E-state index in [-0.39, 0.29) is 16.8 Å². The number of benzene rings is 1. The predicted molar refractivity (Wildman–Crippen MR) is 128 cm³/mol. The van der Waals surface area contributed by atoms with Crippen LogP contribution in [0.4, 0.5) is 5.95 Å². The van der Waals surface area contributed by atoms with Gasteiger partial charge >= 0.3 is 0 Å². The van der Waals surface area contributed by atoms with Crippen molar-refractivity contribution in [2.24, 2.45) is 5.92 Å². The number of sulfonamides is 1. The van der Waals surface area contributed by atoms with Gasteiger partial charge in [-0.25, -0.2) is 18.4 Å². The monoisotopic (exact) mass is 471 g/mol. The second kappa shape index (κ2) is 9.77. The highest BCUT2D eigenvalue weighted by Gasteiger charge is 2.31. The van der Waals surface area contributed by atoms with Gasteiger partial charge in [-0.15, -0.1) is 0 Å². The van der Waals surface area contributed by atoms with E-state index < -0.39 is 10.0 Å². The zero-order valence-electron chi connectivity index (χ0n) is 19.6. The molecule has 0 radical (unpaired) electrons. The fraction of sp³-hybridized carbons (Fsp3) is 0.542. The van der Waals surface area contributed by atoms with Crippen molar-refractivity contribution in [1.82, 2.24) is 19.6 Å². The molecule has 178 valence electrons. The molecule has 2 saturated heterocycles. The molecule has 2 aliphatic rings. The smallest absolute Gasteiger partial charge is 0.251 e. The van der Waals surface area contributed by atoms with Crippen LogP contribution < -0.4 is 10.2 Å². The topological polar surface area (TPSA) is 95.5 Å². The van der Waals surface area contributed by atoms with Gasteiger partial charge in [0.15, 0.2) is 0 Å². The first-order valence-corrected chi connectivity index (χ1v) is 13.1. The number of nitrogens with zero attached hydrogens (tertiary/aromatic N) is 4. The number of carbonyl (C=O) groups is 1. The normalized spacial score (nSPS) is 18.9. The van der Waals surface area contributed by atoms with Crippen molar-refractivity contribution in [1.29, 1.82) is 0 Å². The number of rotatable bonds is 5. The number of piperidine rings is 2. The van der Waals surface area contributed by atoms with Crippen LogP contribution in [0.1, 0.15) is 54.1 Å². The summed E-state index contributed by atoms with van der Waals surface area (Å²) in [5, 5.41) is 3.10. The Labute approximate surface area is 196 Å². The predicted octanol–water partition coefficient (Wildman–Crippen LogP) is 2.91. The van der Waals surface area contributed by atoms with Crippen LogP contribution in [0.15, 0.2) is 35.5 Å². The fourth-order valence-electron chi connectivity index (χ4n) is 4.54. The van der Waals surface area contributed by atoms with Crippen molar-refractivity contribution < 1.29 is 13.2 Å². The minimum absolute atomic E-state index is 0.0303. The van der Waals surface area contributed by atoms with Crippen molar-refractivity contribution >= 4 is 21.9 Å². The highest BCUT2D eigenvalue weighted by Crippen LogP contribution is 2.28. The van der Waals surface area contributed by atoms with Crippen LogP contribution in [0.5, 0.6) is 0 Å². The summed E-state index contributed by atoms with van der Waals surface area (Å²) >= 11 is 0. The van der Waals surface area contributed by atoms with Crippen molar-refractivity contribution in [3.8, 4) is 0 Å². The number of aryl methyl sites for hydroxylation is 1. The molecule has 33 heavy (non-hydrogen) atoms. The van der Waals surface area contributed by atoms with E-state index in [2.05, 4.69) is 27.1 Å². The standard InChI is InChI=1S/C24H33N5O3S/c1-17-5-13-29(14-6-17)33(31,32)22-16-20(15-18(2)19(22)3)23(30)27-21-7-11-28(12-8-21)24-25-9-4-10-26-24/h4,9-10,15-17,21H,5-8,11-14H2,1-3H3,(H,27,30). The van der Waals surface area contributed by atoms with Crippen LogP contribution in [0.25, 0.3) is 0 Å². The third-order valence-electron chi connectivity index (χ3n) is 6.91. The number of nitrogens with one attached hydrogen (secondary N) is 1. The van der Waals surface area contributed by atoms with Gasteiger partial charge < -0.3 is 10.2 Å². The molecule has 4 rings (SSSR count). The Kier molecular flexibility index (Phi) is 6.99. The second-order valence-electron chi connectivity index (χ2n) is 9.29. The minimum Gasteiger partial charge on any atom is -0.349 e. The average molecular weight is 472 g/mol. The maximum absolute atomic E-state index is 13.4. The molecule has 2 aromatic rings. The Morgan fingerprint density at radius 2 is 1.64 bits per heavy atom. The maximum Gasteiger partial charge on any atom is 0.251 e. The van der Waals surface area contributed by atoms with Crippen molar-refractivity contribution in [3.05, 3.63) is 47.3 Å². The van der Waals surface area contributed by atoms with Gasteiger partial charge in [-0.05, 0) is 74.8 Å². The van der Waals surface area contributed by atoms with Gasteiger partial charge in [0.05, 0.1) is 4.90 Å². The van der Waals surface area contributed by atoms with Gasteiger partial charge in [0, 0.05) is 50.2 Å². The lowest BCUT2D eigenvalue weighted by Gasteiger charge is -2.32. The van der Waals surface area contributed by atoms with Gasteiger partial charge in [-0.2, -0.15) is 4.31 Å². The Balaban J connectivity index is 1.46. The molecule has 3 heterocycles. The van der Waals surface area contributed by atoms with Crippen molar-refractivity contribution in [3.63, 3.8) is 0 Å². The molecule has 1 amide bonds. The van der Waals surface area contributed by atoms with Gasteiger partial charge in [0.1, 0.15) is 0 Å². The third kappa shape index (κ3) is 5.19. The largest absolute Gasteiger partial charge is 0.349 e. The van der Waals surface area contributed by atoms with E-state index in [1.54, 1.807) is 34.9 Å². The van der Waals surface area contributed by atoms with Gasteiger partial charge in [-0.1, -0.05) is 6.92 Å². The van der Waals surface area contributed by atoms with Crippen LogP contribution >= 0.6 is 0 Å². The zero-order valence-corrected chi connectivity index (χ0v) is 20.4. The number of aromatic nitrogens is 2. The molecule has 0 bridgehead atoms. The van der Waals surface area contributed by atoms with E-state index >= 15 is 0 Å². The number of carbonyl (C=O) groups excluding carboxylic acids is 1. The summed E-state index contributed by atoms with van der Waals surface area (Å²) in [5.41, 5.74) is 1.92. The molecule has 2 fully saturated rings. The SMILES string of the molecule is Cc1cc(C(=O)NC2CCN(c3ncccn3)CC2)cc(S(=O)(=O)N2CCC(C)CC2)c1C. The first-order chi connectivity index (χ1) is 15.8. The lowest BCUT2D eigenvalue weighted by molar-refractivity contribution is 0.0930. The summed E-state index contributed by atoms with van der Waals surface area (Å²) < 4.78 is 28.3. The quantitative estimate of drug-likeness (QED) is 0.720. The summed E-state index contributed by atoms with van der Waals surface area (Å²) in [7, 11) is -3.63. The molecule has 0 atom stereocenters. The molecule has 0 spiro atoms. The molecule has 0 saturated carbocycles. The Morgan fingerprint density at radius 3 is 2.27 bits per heavy atom. The highest BCUT2D eigenvalue weighted by atomic mass is 32.2. The first kappa shape index (κ1) is 23.6. The number of hydrogen-bond donors (Lipinski definition) is 1. The number of amides is 1. The molecular weight excluding hydrogens is 438 g/mol. The van der Waals surface area contributed by atoms with Crippen LogP contribution in [-0.4, -0.2) is 60.8 Å². The molecule has 8 nitrogen and oxygen atoms in total. The molecular formula is C24H33N5O3S. The van der Waals surface area contributed by atoms with E-state index in [1.807, 2.05) is 13.8 Å². The third-order valence-corrected chi connectivity index (χ3v) is 8.93. The summed E-state index contributed by atoms with van der Waals surface area (Å²) in [6.07, 6.45) is 6.75. The molecule has 0 unspecified atom stereocenters. The van der Waals surface area contributed by atoms with Crippen LogP contribution in [0.2, 0.25) is 0 Å². The minimum atomic E-state index is -3.63. The lowest BCUT2D eigenvalue weighted by Crippen LogP contribution is -2.45. The van der Waals surface area contributed by atoms with Crippen molar-refractivity contribution in [2.75, 3.05) is 31.1 Å². The summed E-state index contributed by atoms with van der Waals surface area (Å²) in [4.78, 5) is 24.0. The van der Waals surface area contributed by atoms with Gasteiger partial charge in [-0.3, -0.25) is 4.79 Å². The summed E-state index contributed by atoms with van der Waals surface area (Å²) in [6, 6.07) is 5.16. The average Bonchev–Trinajstić information content (AvgIpc) is 2.82. The zero-order chi connectivity index (χ0) is 23.6. The van der Waals surface area contributed by atoms with Crippen LogP contribution in [-0.2, 0) is 10.0 Å². The highest BCUT2D eigenvalue weighted by molar-refractivity contribution is 7.89. The molecule has 2 aliphatic heterocycles. The number of anilines is 1. The maximum atomic E-state index is 13.4. The Bertz CT molecular complexity index is 1090. The second-order valence-corrected chi connectivity index (χ2v) is 11.2. The molecule has 9 heteroatoms. The number of hydrogen-bond acceptors (Lipinski definition) is 6. The molecule has 1 aromatic heterocycles. The van der Waals surface area contributed by atoms with E-state index in [1.165, 1.54) is 0 Å². The summed E-state index contributed by atoms with van der Waals surface area (Å²) in [6.45, 7) is 8.41. The molecule has 0 aliphatic carbocycles. The van der Waals surface area contributed by atoms with Gasteiger partial charge in [0.2, 0.25) is 16.0 Å². The van der Waals surface area contributed by atoms with Gasteiger partial charge in [0.25, 0.3) is 5.91 Å².